The number of hydrogen-bond acceptors (Lipinski definition) is 5. The minimum absolute atomic E-state index is 0.185. The summed E-state index contributed by atoms with van der Waals surface area (Å²) < 4.78 is 0. The van der Waals surface area contributed by atoms with E-state index in [9.17, 15) is 4.79 Å². The number of hydrogen-bond donors (Lipinski definition) is 1. The Labute approximate surface area is 134 Å². The molecular formula is C16H18N4OS. The average Bonchev–Trinajstić information content (AvgIpc) is 2.54. The molecular weight excluding hydrogens is 296 g/mol. The van der Waals surface area contributed by atoms with E-state index >= 15 is 0 Å². The number of rotatable bonds is 5. The maximum atomic E-state index is 11.7. The fraction of sp³-hybridized carbons (Fsp3) is 0.250. The van der Waals surface area contributed by atoms with Crippen molar-refractivity contribution in [2.75, 3.05) is 5.75 Å². The van der Waals surface area contributed by atoms with Gasteiger partial charge in [0.05, 0.1) is 12.0 Å². The van der Waals surface area contributed by atoms with Crippen LogP contribution in [0.15, 0.2) is 40.9 Å². The van der Waals surface area contributed by atoms with E-state index in [2.05, 4.69) is 34.3 Å². The van der Waals surface area contributed by atoms with E-state index in [4.69, 9.17) is 0 Å². The van der Waals surface area contributed by atoms with E-state index < -0.39 is 0 Å². The van der Waals surface area contributed by atoms with Crippen molar-refractivity contribution in [2.24, 2.45) is 5.10 Å². The molecule has 0 saturated carbocycles. The molecule has 0 spiro atoms. The third kappa shape index (κ3) is 4.39. The summed E-state index contributed by atoms with van der Waals surface area (Å²) in [6.45, 7) is 6.21. The van der Waals surface area contributed by atoms with Crippen molar-refractivity contribution in [3.8, 4) is 0 Å². The highest BCUT2D eigenvalue weighted by molar-refractivity contribution is 7.99. The van der Waals surface area contributed by atoms with E-state index in [0.717, 1.165) is 5.56 Å². The van der Waals surface area contributed by atoms with Crippen LogP contribution in [0, 0.1) is 20.8 Å². The SMILES string of the molecule is Cc1ccc(/C=N/NC(=O)CSc2ncccn2)c(C)c1C. The number of carbonyl (C=O) groups excluding carboxylic acids is 1. The number of amides is 1. The Balaban J connectivity index is 1.87. The maximum Gasteiger partial charge on any atom is 0.250 e. The number of benzene rings is 1. The lowest BCUT2D eigenvalue weighted by atomic mass is 10.00. The molecule has 0 fully saturated rings. The van der Waals surface area contributed by atoms with Crippen LogP contribution in [0.5, 0.6) is 0 Å². The summed E-state index contributed by atoms with van der Waals surface area (Å²) in [4.78, 5) is 19.8. The van der Waals surface area contributed by atoms with Crippen LogP contribution in [0.4, 0.5) is 0 Å². The van der Waals surface area contributed by atoms with Crippen LogP contribution in [-0.2, 0) is 4.79 Å². The molecule has 0 bridgehead atoms. The molecule has 2 rings (SSSR count). The van der Waals surface area contributed by atoms with Gasteiger partial charge in [0.1, 0.15) is 0 Å². The first-order valence-electron chi connectivity index (χ1n) is 6.86. The molecule has 0 aliphatic heterocycles. The highest BCUT2D eigenvalue weighted by atomic mass is 32.2. The molecule has 0 saturated heterocycles. The third-order valence-electron chi connectivity index (χ3n) is 3.37. The Morgan fingerprint density at radius 3 is 2.68 bits per heavy atom. The zero-order valence-electron chi connectivity index (χ0n) is 12.8. The number of nitrogens with one attached hydrogen (secondary N) is 1. The van der Waals surface area contributed by atoms with E-state index in [1.165, 1.54) is 28.5 Å². The molecule has 1 amide bonds. The lowest BCUT2D eigenvalue weighted by Gasteiger charge is -2.07. The molecule has 114 valence electrons. The maximum absolute atomic E-state index is 11.7. The third-order valence-corrected chi connectivity index (χ3v) is 4.24. The molecule has 5 nitrogen and oxygen atoms in total. The van der Waals surface area contributed by atoms with E-state index in [-0.39, 0.29) is 11.7 Å². The van der Waals surface area contributed by atoms with Crippen molar-refractivity contribution >= 4 is 23.9 Å². The first kappa shape index (κ1) is 16.2. The normalized spacial score (nSPS) is 10.9. The van der Waals surface area contributed by atoms with Crippen molar-refractivity contribution in [1.82, 2.24) is 15.4 Å². The Bertz CT molecular complexity index is 686. The highest BCUT2D eigenvalue weighted by Crippen LogP contribution is 2.15. The van der Waals surface area contributed by atoms with Gasteiger partial charge in [-0.3, -0.25) is 4.79 Å². The first-order chi connectivity index (χ1) is 10.6. The lowest BCUT2D eigenvalue weighted by Crippen LogP contribution is -2.19. The largest absolute Gasteiger partial charge is 0.272 e. The van der Waals surface area contributed by atoms with Gasteiger partial charge in [0, 0.05) is 12.4 Å². The Hall–Kier alpha value is -2.21. The van der Waals surface area contributed by atoms with Gasteiger partial charge in [-0.25, -0.2) is 15.4 Å². The van der Waals surface area contributed by atoms with Crippen LogP contribution < -0.4 is 5.43 Å². The van der Waals surface area contributed by atoms with Gasteiger partial charge in [-0.15, -0.1) is 0 Å². The quantitative estimate of drug-likeness (QED) is 0.399. The molecule has 0 unspecified atom stereocenters. The standard InChI is InChI=1S/C16H18N4OS/c1-11-5-6-14(13(3)12(11)2)9-19-20-15(21)10-22-16-17-7-4-8-18-16/h4-9H,10H2,1-3H3,(H,20,21)/b19-9+. The van der Waals surface area contributed by atoms with Crippen molar-refractivity contribution < 1.29 is 4.79 Å². The van der Waals surface area contributed by atoms with Gasteiger partial charge in [0.15, 0.2) is 5.16 Å². The Morgan fingerprint density at radius 2 is 1.95 bits per heavy atom. The van der Waals surface area contributed by atoms with E-state index in [1.54, 1.807) is 24.7 Å². The number of carbonyl (C=O) groups is 1. The summed E-state index contributed by atoms with van der Waals surface area (Å²) in [5, 5.41) is 4.58. The molecule has 22 heavy (non-hydrogen) atoms. The minimum Gasteiger partial charge on any atom is -0.272 e. The van der Waals surface area contributed by atoms with Gasteiger partial charge in [0.2, 0.25) is 0 Å². The molecule has 1 N–H and O–H groups in total. The van der Waals surface area contributed by atoms with Crippen LogP contribution in [0.1, 0.15) is 22.3 Å². The van der Waals surface area contributed by atoms with Crippen molar-refractivity contribution in [3.63, 3.8) is 0 Å². The van der Waals surface area contributed by atoms with Crippen LogP contribution in [0.2, 0.25) is 0 Å². The van der Waals surface area contributed by atoms with E-state index in [0.29, 0.717) is 5.16 Å². The fourth-order valence-electron chi connectivity index (χ4n) is 1.81. The second kappa shape index (κ2) is 7.70. The number of aromatic nitrogens is 2. The minimum atomic E-state index is -0.185. The molecule has 2 aromatic rings. The summed E-state index contributed by atoms with van der Waals surface area (Å²) in [6, 6.07) is 5.79. The zero-order chi connectivity index (χ0) is 15.9. The van der Waals surface area contributed by atoms with Crippen LogP contribution in [0.3, 0.4) is 0 Å². The van der Waals surface area contributed by atoms with Crippen LogP contribution >= 0.6 is 11.8 Å². The highest BCUT2D eigenvalue weighted by Gasteiger charge is 2.04. The monoisotopic (exact) mass is 314 g/mol. The Kier molecular flexibility index (Phi) is 5.66. The number of thioether (sulfide) groups is 1. The molecule has 1 heterocycles. The second-order valence-corrected chi connectivity index (χ2v) is 5.78. The smallest absolute Gasteiger partial charge is 0.250 e. The molecule has 0 aliphatic carbocycles. The average molecular weight is 314 g/mol. The summed E-state index contributed by atoms with van der Waals surface area (Å²) in [5.74, 6) is 0.0444. The molecule has 1 aromatic carbocycles. The Morgan fingerprint density at radius 1 is 1.23 bits per heavy atom. The molecule has 6 heteroatoms. The summed E-state index contributed by atoms with van der Waals surface area (Å²) >= 11 is 1.27. The molecule has 0 aliphatic rings. The van der Waals surface area contributed by atoms with Crippen molar-refractivity contribution in [3.05, 3.63) is 52.8 Å². The number of aryl methyl sites for hydroxylation is 1. The number of hydrazone groups is 1. The van der Waals surface area contributed by atoms with Crippen molar-refractivity contribution in [2.45, 2.75) is 25.9 Å². The van der Waals surface area contributed by atoms with Gasteiger partial charge in [0.25, 0.3) is 5.91 Å². The molecule has 0 atom stereocenters. The van der Waals surface area contributed by atoms with E-state index in [1.807, 2.05) is 19.1 Å². The van der Waals surface area contributed by atoms with Gasteiger partial charge in [-0.2, -0.15) is 5.10 Å². The van der Waals surface area contributed by atoms with Gasteiger partial charge in [-0.1, -0.05) is 23.9 Å². The summed E-state index contributed by atoms with van der Waals surface area (Å²) in [5.41, 5.74) is 7.18. The fourth-order valence-corrected chi connectivity index (χ4v) is 2.41. The predicted molar refractivity (Wildman–Crippen MR) is 89.1 cm³/mol. The zero-order valence-corrected chi connectivity index (χ0v) is 13.6. The molecule has 0 radical (unpaired) electrons. The van der Waals surface area contributed by atoms with Crippen LogP contribution in [0.25, 0.3) is 0 Å². The predicted octanol–water partition coefficient (Wildman–Crippen LogP) is 2.64. The summed E-state index contributed by atoms with van der Waals surface area (Å²) in [7, 11) is 0. The van der Waals surface area contributed by atoms with Crippen molar-refractivity contribution in [1.29, 1.82) is 0 Å². The second-order valence-electron chi connectivity index (χ2n) is 4.83. The van der Waals surface area contributed by atoms with Gasteiger partial charge < -0.3 is 0 Å². The van der Waals surface area contributed by atoms with Gasteiger partial charge >= 0.3 is 0 Å². The topological polar surface area (TPSA) is 67.2 Å². The molecule has 1 aromatic heterocycles. The van der Waals surface area contributed by atoms with Gasteiger partial charge in [-0.05, 0) is 49.1 Å². The number of nitrogens with zero attached hydrogens (tertiary/aromatic N) is 3. The van der Waals surface area contributed by atoms with Crippen LogP contribution in [-0.4, -0.2) is 27.8 Å². The lowest BCUT2D eigenvalue weighted by molar-refractivity contribution is -0.118. The summed E-state index contributed by atoms with van der Waals surface area (Å²) in [6.07, 6.45) is 4.96. The first-order valence-corrected chi connectivity index (χ1v) is 7.85.